The summed E-state index contributed by atoms with van der Waals surface area (Å²) in [5.41, 5.74) is 8.80. The normalized spacial score (nSPS) is 26.5. The van der Waals surface area contributed by atoms with Gasteiger partial charge < -0.3 is 0 Å². The summed E-state index contributed by atoms with van der Waals surface area (Å²) >= 11 is 0. The molecule has 4 aliphatic carbocycles. The fourth-order valence-electron chi connectivity index (χ4n) is 7.34. The van der Waals surface area contributed by atoms with E-state index in [0.29, 0.717) is 5.56 Å². The quantitative estimate of drug-likeness (QED) is 0.513. The smallest absolute Gasteiger partial charge is 0.269 e. The number of hydrogen-bond acceptors (Lipinski definition) is 3. The molecule has 0 atom stereocenters. The van der Waals surface area contributed by atoms with Crippen LogP contribution in [0.5, 0.6) is 0 Å². The van der Waals surface area contributed by atoms with Crippen LogP contribution >= 0.6 is 0 Å². The zero-order valence-electron chi connectivity index (χ0n) is 19.8. The van der Waals surface area contributed by atoms with Gasteiger partial charge in [-0.3, -0.25) is 25.4 Å². The molecule has 2 amide bonds. The molecule has 4 aliphatic rings. The third-order valence-corrected chi connectivity index (χ3v) is 8.43. The van der Waals surface area contributed by atoms with E-state index in [-0.39, 0.29) is 17.2 Å². The van der Waals surface area contributed by atoms with Crippen molar-refractivity contribution in [1.29, 1.82) is 0 Å². The number of nitrogens with zero attached hydrogens (tertiary/aromatic N) is 1. The lowest BCUT2D eigenvalue weighted by atomic mass is 9.48. The average molecular weight is 466 g/mol. The summed E-state index contributed by atoms with van der Waals surface area (Å²) in [4.78, 5) is 31.1. The summed E-state index contributed by atoms with van der Waals surface area (Å²) in [5, 5.41) is 0. The van der Waals surface area contributed by atoms with E-state index in [1.54, 1.807) is 12.3 Å². The van der Waals surface area contributed by atoms with E-state index in [1.165, 1.54) is 38.5 Å². The molecule has 0 saturated heterocycles. The SMILES string of the molecule is O=C(NNC(=O)C(c1ccccc1)c1ccccc1)c1ccnc(C23CC4CC(CC(C4)C2)C3)c1. The lowest BCUT2D eigenvalue weighted by molar-refractivity contribution is -0.122. The Balaban J connectivity index is 1.18. The second kappa shape index (κ2) is 8.95. The van der Waals surface area contributed by atoms with Gasteiger partial charge in [-0.25, -0.2) is 0 Å². The number of aromatic nitrogens is 1. The predicted molar refractivity (Wildman–Crippen MR) is 134 cm³/mol. The van der Waals surface area contributed by atoms with Crippen LogP contribution in [-0.4, -0.2) is 16.8 Å². The van der Waals surface area contributed by atoms with Crippen LogP contribution < -0.4 is 10.9 Å². The number of hydrazine groups is 1. The third kappa shape index (κ3) is 4.24. The van der Waals surface area contributed by atoms with Crippen molar-refractivity contribution in [3.63, 3.8) is 0 Å². The second-order valence-corrected chi connectivity index (χ2v) is 10.8. The molecule has 4 bridgehead atoms. The Labute approximate surface area is 206 Å². The van der Waals surface area contributed by atoms with Crippen molar-refractivity contribution in [2.45, 2.75) is 49.9 Å². The number of pyridine rings is 1. The zero-order valence-corrected chi connectivity index (χ0v) is 19.8. The monoisotopic (exact) mass is 465 g/mol. The highest BCUT2D eigenvalue weighted by atomic mass is 16.2. The molecule has 4 fully saturated rings. The van der Waals surface area contributed by atoms with E-state index >= 15 is 0 Å². The van der Waals surface area contributed by atoms with E-state index in [0.717, 1.165) is 34.6 Å². The molecule has 35 heavy (non-hydrogen) atoms. The van der Waals surface area contributed by atoms with Crippen molar-refractivity contribution >= 4 is 11.8 Å². The molecule has 4 saturated carbocycles. The fraction of sp³-hybridized carbons (Fsp3) is 0.367. The van der Waals surface area contributed by atoms with Gasteiger partial charge in [-0.2, -0.15) is 0 Å². The molecule has 3 aromatic rings. The first-order valence-corrected chi connectivity index (χ1v) is 12.8. The zero-order chi connectivity index (χ0) is 23.8. The lowest BCUT2D eigenvalue weighted by Crippen LogP contribution is -2.49. The Morgan fingerprint density at radius 2 is 1.31 bits per heavy atom. The maximum Gasteiger partial charge on any atom is 0.269 e. The highest BCUT2D eigenvalue weighted by Gasteiger charge is 2.52. The highest BCUT2D eigenvalue weighted by molar-refractivity contribution is 5.96. The molecule has 5 heteroatoms. The summed E-state index contributed by atoms with van der Waals surface area (Å²) in [6.07, 6.45) is 9.46. The van der Waals surface area contributed by atoms with Crippen LogP contribution in [-0.2, 0) is 10.2 Å². The molecule has 1 aromatic heterocycles. The molecule has 0 radical (unpaired) electrons. The minimum atomic E-state index is -0.516. The molecule has 2 N–H and O–H groups in total. The van der Waals surface area contributed by atoms with Crippen LogP contribution in [0.4, 0.5) is 0 Å². The van der Waals surface area contributed by atoms with Gasteiger partial charge >= 0.3 is 0 Å². The number of rotatable bonds is 5. The van der Waals surface area contributed by atoms with Crippen LogP contribution in [0.3, 0.4) is 0 Å². The summed E-state index contributed by atoms with van der Waals surface area (Å²) in [7, 11) is 0. The van der Waals surface area contributed by atoms with E-state index in [4.69, 9.17) is 4.98 Å². The van der Waals surface area contributed by atoms with Gasteiger partial charge in [0.1, 0.15) is 0 Å². The molecule has 5 nitrogen and oxygen atoms in total. The third-order valence-electron chi connectivity index (χ3n) is 8.43. The standard InChI is InChI=1S/C30H31N3O2/c34-28(32-33-29(35)27(23-7-3-1-4-8-23)24-9-5-2-6-10-24)25-11-12-31-26(16-25)30-17-20-13-21(18-30)15-22(14-20)19-30/h1-12,16,20-22,27H,13-15,17-19H2,(H,32,34)(H,33,35). The first-order valence-electron chi connectivity index (χ1n) is 12.8. The number of amides is 2. The fourth-order valence-corrected chi connectivity index (χ4v) is 7.34. The Kier molecular flexibility index (Phi) is 5.63. The van der Waals surface area contributed by atoms with Crippen LogP contribution in [0.15, 0.2) is 79.0 Å². The molecule has 0 spiro atoms. The largest absolute Gasteiger partial charge is 0.272 e. The Morgan fingerprint density at radius 3 is 1.86 bits per heavy atom. The van der Waals surface area contributed by atoms with Crippen molar-refractivity contribution in [1.82, 2.24) is 15.8 Å². The van der Waals surface area contributed by atoms with Crippen LogP contribution in [0, 0.1) is 17.8 Å². The van der Waals surface area contributed by atoms with E-state index in [9.17, 15) is 9.59 Å². The number of benzene rings is 2. The van der Waals surface area contributed by atoms with Gasteiger partial charge in [0.15, 0.2) is 0 Å². The first-order chi connectivity index (χ1) is 17.1. The lowest BCUT2D eigenvalue weighted by Gasteiger charge is -2.56. The maximum atomic E-state index is 13.2. The number of hydrogen-bond donors (Lipinski definition) is 2. The van der Waals surface area contributed by atoms with E-state index < -0.39 is 5.92 Å². The van der Waals surface area contributed by atoms with Crippen LogP contribution in [0.1, 0.15) is 71.6 Å². The van der Waals surface area contributed by atoms with Crippen molar-refractivity contribution < 1.29 is 9.59 Å². The Hall–Kier alpha value is -3.47. The summed E-state index contributed by atoms with van der Waals surface area (Å²) in [5.74, 6) is 1.34. The van der Waals surface area contributed by atoms with E-state index in [1.807, 2.05) is 66.7 Å². The molecule has 2 aromatic carbocycles. The van der Waals surface area contributed by atoms with Gasteiger partial charge in [0.25, 0.3) is 5.91 Å². The molecule has 0 aliphatic heterocycles. The predicted octanol–water partition coefficient (Wildman–Crippen LogP) is 5.14. The van der Waals surface area contributed by atoms with Crippen LogP contribution in [0.25, 0.3) is 0 Å². The minimum Gasteiger partial charge on any atom is -0.272 e. The molecular weight excluding hydrogens is 434 g/mol. The first kappa shape index (κ1) is 22.0. The molecule has 7 rings (SSSR count). The summed E-state index contributed by atoms with van der Waals surface area (Å²) in [6, 6.07) is 22.9. The molecular formula is C30H31N3O2. The van der Waals surface area contributed by atoms with Gasteiger partial charge in [-0.1, -0.05) is 60.7 Å². The van der Waals surface area contributed by atoms with Crippen molar-refractivity contribution in [3.05, 3.63) is 101 Å². The van der Waals surface area contributed by atoms with Crippen molar-refractivity contribution in [3.8, 4) is 0 Å². The molecule has 178 valence electrons. The van der Waals surface area contributed by atoms with Gasteiger partial charge in [0.2, 0.25) is 5.91 Å². The van der Waals surface area contributed by atoms with Crippen LogP contribution in [0.2, 0.25) is 0 Å². The number of carbonyl (C=O) groups excluding carboxylic acids is 2. The van der Waals surface area contributed by atoms with Crippen molar-refractivity contribution in [2.75, 3.05) is 0 Å². The highest BCUT2D eigenvalue weighted by Crippen LogP contribution is 2.60. The molecule has 0 unspecified atom stereocenters. The summed E-state index contributed by atoms with van der Waals surface area (Å²) in [6.45, 7) is 0. The van der Waals surface area contributed by atoms with Crippen molar-refractivity contribution in [2.24, 2.45) is 17.8 Å². The number of carbonyl (C=O) groups is 2. The Morgan fingerprint density at radius 1 is 0.771 bits per heavy atom. The number of nitrogens with one attached hydrogen (secondary N) is 2. The maximum absolute atomic E-state index is 13.2. The summed E-state index contributed by atoms with van der Waals surface area (Å²) < 4.78 is 0. The topological polar surface area (TPSA) is 71.1 Å². The van der Waals surface area contributed by atoms with Gasteiger partial charge in [-0.15, -0.1) is 0 Å². The van der Waals surface area contributed by atoms with Gasteiger partial charge in [-0.05, 0) is 79.5 Å². The Bertz CT molecular complexity index is 1150. The average Bonchev–Trinajstić information content (AvgIpc) is 2.88. The van der Waals surface area contributed by atoms with Gasteiger partial charge in [0.05, 0.1) is 5.92 Å². The van der Waals surface area contributed by atoms with E-state index in [2.05, 4.69) is 10.9 Å². The minimum absolute atomic E-state index is 0.125. The molecule has 1 heterocycles. The second-order valence-electron chi connectivity index (χ2n) is 10.8. The van der Waals surface area contributed by atoms with Gasteiger partial charge in [0, 0.05) is 22.9 Å².